The number of ether oxygens (including phenoxy) is 1. The number of nitro benzene ring substituents is 1. The van der Waals surface area contributed by atoms with E-state index in [0.29, 0.717) is 23.3 Å². The van der Waals surface area contributed by atoms with Crippen LogP contribution in [0.25, 0.3) is 10.9 Å². The zero-order chi connectivity index (χ0) is 12.4. The van der Waals surface area contributed by atoms with E-state index in [-0.39, 0.29) is 5.69 Å². The minimum absolute atomic E-state index is 0.0200. The summed E-state index contributed by atoms with van der Waals surface area (Å²) >= 11 is 0. The summed E-state index contributed by atoms with van der Waals surface area (Å²) in [5, 5.41) is 11.5. The highest BCUT2D eigenvalue weighted by Crippen LogP contribution is 2.29. The van der Waals surface area contributed by atoms with Gasteiger partial charge in [0.1, 0.15) is 5.52 Å². The van der Waals surface area contributed by atoms with E-state index in [1.54, 1.807) is 0 Å². The SMILES string of the molecule is CCOc1cc([N+](=O)[O-])cc2ccc(C)nc12. The zero-order valence-corrected chi connectivity index (χ0v) is 9.64. The summed E-state index contributed by atoms with van der Waals surface area (Å²) in [6.45, 7) is 4.16. The summed E-state index contributed by atoms with van der Waals surface area (Å²) in [7, 11) is 0. The highest BCUT2D eigenvalue weighted by Gasteiger charge is 2.13. The number of rotatable bonds is 3. The second kappa shape index (κ2) is 4.37. The van der Waals surface area contributed by atoms with Crippen LogP contribution in [0.2, 0.25) is 0 Å². The van der Waals surface area contributed by atoms with E-state index in [1.165, 1.54) is 12.1 Å². The Morgan fingerprint density at radius 1 is 1.41 bits per heavy atom. The zero-order valence-electron chi connectivity index (χ0n) is 9.64. The van der Waals surface area contributed by atoms with E-state index in [4.69, 9.17) is 4.74 Å². The van der Waals surface area contributed by atoms with Crippen molar-refractivity contribution in [3.8, 4) is 5.75 Å². The molecule has 1 aromatic heterocycles. The van der Waals surface area contributed by atoms with Gasteiger partial charge in [0.25, 0.3) is 5.69 Å². The van der Waals surface area contributed by atoms with Gasteiger partial charge in [0.2, 0.25) is 0 Å². The van der Waals surface area contributed by atoms with Crippen molar-refractivity contribution in [1.82, 2.24) is 4.98 Å². The molecule has 0 radical (unpaired) electrons. The quantitative estimate of drug-likeness (QED) is 0.602. The van der Waals surface area contributed by atoms with Crippen LogP contribution < -0.4 is 4.74 Å². The van der Waals surface area contributed by atoms with Crippen molar-refractivity contribution >= 4 is 16.6 Å². The van der Waals surface area contributed by atoms with Crippen molar-refractivity contribution in [3.05, 3.63) is 40.1 Å². The molecule has 88 valence electrons. The maximum atomic E-state index is 10.8. The number of aryl methyl sites for hydroxylation is 1. The van der Waals surface area contributed by atoms with Crippen LogP contribution in [0.4, 0.5) is 5.69 Å². The fourth-order valence-electron chi connectivity index (χ4n) is 1.66. The number of non-ortho nitro benzene ring substituents is 1. The summed E-state index contributed by atoms with van der Waals surface area (Å²) < 4.78 is 5.40. The molecule has 0 N–H and O–H groups in total. The van der Waals surface area contributed by atoms with Crippen molar-refractivity contribution in [2.75, 3.05) is 6.61 Å². The van der Waals surface area contributed by atoms with E-state index < -0.39 is 4.92 Å². The molecule has 2 rings (SSSR count). The molecule has 2 aromatic rings. The Morgan fingerprint density at radius 2 is 2.18 bits per heavy atom. The molecule has 0 aliphatic carbocycles. The van der Waals surface area contributed by atoms with Gasteiger partial charge in [-0.15, -0.1) is 0 Å². The molecule has 5 nitrogen and oxygen atoms in total. The van der Waals surface area contributed by atoms with Gasteiger partial charge >= 0.3 is 0 Å². The lowest BCUT2D eigenvalue weighted by atomic mass is 10.1. The van der Waals surface area contributed by atoms with E-state index >= 15 is 0 Å². The molecular formula is C12H12N2O3. The standard InChI is InChI=1S/C12H12N2O3/c1-3-17-11-7-10(14(15)16)6-9-5-4-8(2)13-12(9)11/h4-7H,3H2,1-2H3. The summed E-state index contributed by atoms with van der Waals surface area (Å²) in [5.41, 5.74) is 1.54. The Morgan fingerprint density at radius 3 is 2.82 bits per heavy atom. The molecular weight excluding hydrogens is 220 g/mol. The van der Waals surface area contributed by atoms with E-state index in [9.17, 15) is 10.1 Å². The van der Waals surface area contributed by atoms with E-state index in [0.717, 1.165) is 5.69 Å². The van der Waals surface area contributed by atoms with Gasteiger partial charge in [0, 0.05) is 17.1 Å². The van der Waals surface area contributed by atoms with Crippen LogP contribution in [0.15, 0.2) is 24.3 Å². The predicted molar refractivity (Wildman–Crippen MR) is 64.3 cm³/mol. The number of hydrogen-bond acceptors (Lipinski definition) is 4. The van der Waals surface area contributed by atoms with Crippen LogP contribution in [0.1, 0.15) is 12.6 Å². The number of benzene rings is 1. The van der Waals surface area contributed by atoms with E-state index in [2.05, 4.69) is 4.98 Å². The number of aromatic nitrogens is 1. The molecule has 0 atom stereocenters. The third-order valence-electron chi connectivity index (χ3n) is 2.39. The lowest BCUT2D eigenvalue weighted by molar-refractivity contribution is -0.384. The van der Waals surface area contributed by atoms with Crippen molar-refractivity contribution in [2.45, 2.75) is 13.8 Å². The molecule has 0 unspecified atom stereocenters. The lowest BCUT2D eigenvalue weighted by Crippen LogP contribution is -1.97. The molecule has 1 heterocycles. The highest BCUT2D eigenvalue weighted by molar-refractivity contribution is 5.87. The Kier molecular flexibility index (Phi) is 2.91. The first-order valence-corrected chi connectivity index (χ1v) is 5.30. The second-order valence-corrected chi connectivity index (χ2v) is 3.66. The first kappa shape index (κ1) is 11.3. The molecule has 0 amide bonds. The van der Waals surface area contributed by atoms with Gasteiger partial charge in [-0.2, -0.15) is 0 Å². The average molecular weight is 232 g/mol. The molecule has 0 aliphatic rings. The Bertz CT molecular complexity index is 581. The fraction of sp³-hybridized carbons (Fsp3) is 0.250. The Hall–Kier alpha value is -2.17. The predicted octanol–water partition coefficient (Wildman–Crippen LogP) is 2.85. The van der Waals surface area contributed by atoms with Crippen molar-refractivity contribution in [2.24, 2.45) is 0 Å². The summed E-state index contributed by atoms with van der Waals surface area (Å²) in [6.07, 6.45) is 0. The van der Waals surface area contributed by atoms with Gasteiger partial charge < -0.3 is 4.74 Å². The molecule has 1 aromatic carbocycles. The number of nitro groups is 1. The Balaban J connectivity index is 2.71. The minimum Gasteiger partial charge on any atom is -0.491 e. The van der Waals surface area contributed by atoms with E-state index in [1.807, 2.05) is 26.0 Å². The molecule has 5 heteroatoms. The smallest absolute Gasteiger partial charge is 0.273 e. The van der Waals surface area contributed by atoms with Gasteiger partial charge in [-0.25, -0.2) is 4.98 Å². The number of nitrogens with zero attached hydrogens (tertiary/aromatic N) is 2. The molecule has 17 heavy (non-hydrogen) atoms. The van der Waals surface area contributed by atoms with Gasteiger partial charge in [-0.1, -0.05) is 6.07 Å². The van der Waals surface area contributed by atoms with Crippen LogP contribution in [-0.2, 0) is 0 Å². The second-order valence-electron chi connectivity index (χ2n) is 3.66. The van der Waals surface area contributed by atoms with Crippen LogP contribution in [0, 0.1) is 17.0 Å². The summed E-state index contributed by atoms with van der Waals surface area (Å²) in [6, 6.07) is 6.55. The van der Waals surface area contributed by atoms with Gasteiger partial charge in [0.05, 0.1) is 17.6 Å². The molecule has 0 fully saturated rings. The maximum absolute atomic E-state index is 10.8. The number of hydrogen-bond donors (Lipinski definition) is 0. The summed E-state index contributed by atoms with van der Waals surface area (Å²) in [4.78, 5) is 14.7. The molecule has 0 spiro atoms. The van der Waals surface area contributed by atoms with Crippen LogP contribution in [0.5, 0.6) is 5.75 Å². The minimum atomic E-state index is -0.429. The first-order valence-electron chi connectivity index (χ1n) is 5.30. The number of fused-ring (bicyclic) bond motifs is 1. The fourth-order valence-corrected chi connectivity index (χ4v) is 1.66. The largest absolute Gasteiger partial charge is 0.491 e. The lowest BCUT2D eigenvalue weighted by Gasteiger charge is -2.07. The maximum Gasteiger partial charge on any atom is 0.273 e. The normalized spacial score (nSPS) is 10.5. The molecule has 0 saturated heterocycles. The van der Waals surface area contributed by atoms with Crippen molar-refractivity contribution < 1.29 is 9.66 Å². The third kappa shape index (κ3) is 2.18. The third-order valence-corrected chi connectivity index (χ3v) is 2.39. The molecule has 0 aliphatic heterocycles. The van der Waals surface area contributed by atoms with Crippen LogP contribution in [-0.4, -0.2) is 16.5 Å². The topological polar surface area (TPSA) is 65.3 Å². The average Bonchev–Trinajstić information content (AvgIpc) is 2.29. The van der Waals surface area contributed by atoms with Gasteiger partial charge in [-0.05, 0) is 19.9 Å². The monoisotopic (exact) mass is 232 g/mol. The highest BCUT2D eigenvalue weighted by atomic mass is 16.6. The molecule has 0 bridgehead atoms. The van der Waals surface area contributed by atoms with Crippen LogP contribution in [0.3, 0.4) is 0 Å². The summed E-state index contributed by atoms with van der Waals surface area (Å²) in [5.74, 6) is 0.459. The first-order chi connectivity index (χ1) is 8.11. The Labute approximate surface area is 98.2 Å². The van der Waals surface area contributed by atoms with Gasteiger partial charge in [0.15, 0.2) is 5.75 Å². The van der Waals surface area contributed by atoms with Gasteiger partial charge in [-0.3, -0.25) is 10.1 Å². The number of pyridine rings is 1. The van der Waals surface area contributed by atoms with Crippen LogP contribution >= 0.6 is 0 Å². The van der Waals surface area contributed by atoms with Crippen molar-refractivity contribution in [1.29, 1.82) is 0 Å². The molecule has 0 saturated carbocycles. The van der Waals surface area contributed by atoms with Crippen molar-refractivity contribution in [3.63, 3.8) is 0 Å².